The van der Waals surface area contributed by atoms with E-state index in [9.17, 15) is 19.5 Å². The normalized spacial score (nSPS) is 17.8. The third kappa shape index (κ3) is 6.36. The standard InChI is InChI=1S/C25H33N9O6/c1-14-9-34(15(2)12-35)24(37)19-8-18(27-22(36)11-33-13-26-30-31-33)6-7-20(19)39-21(14)10-32(5)25(38)28-23-16(3)29-40-17(23)4/h6-8,13-15,21,35H,9-12H2,1-5H3,(H,27,36)(H,28,38)/t14-,15+,21-/m1/s1. The number of aryl methyl sites for hydroxylation is 2. The first kappa shape index (κ1) is 28.5. The van der Waals surface area contributed by atoms with Crippen LogP contribution in [0.25, 0.3) is 0 Å². The van der Waals surface area contributed by atoms with Crippen LogP contribution in [0.1, 0.15) is 35.7 Å². The lowest BCUT2D eigenvalue weighted by Crippen LogP contribution is -2.50. The van der Waals surface area contributed by atoms with Crippen molar-refractivity contribution in [3.05, 3.63) is 41.5 Å². The fourth-order valence-corrected chi connectivity index (χ4v) is 4.34. The van der Waals surface area contributed by atoms with Crippen LogP contribution >= 0.6 is 0 Å². The van der Waals surface area contributed by atoms with Gasteiger partial charge in [0.15, 0.2) is 5.76 Å². The van der Waals surface area contributed by atoms with E-state index >= 15 is 0 Å². The molecular weight excluding hydrogens is 522 g/mol. The number of likely N-dealkylation sites (N-methyl/N-ethyl adjacent to an activating group) is 1. The van der Waals surface area contributed by atoms with E-state index in [-0.39, 0.29) is 55.6 Å². The fourth-order valence-electron chi connectivity index (χ4n) is 4.34. The highest BCUT2D eigenvalue weighted by Gasteiger charge is 2.34. The Balaban J connectivity index is 1.56. The predicted molar refractivity (Wildman–Crippen MR) is 142 cm³/mol. The molecular formula is C25H33N9O6. The number of aliphatic hydroxyl groups excluding tert-OH is 1. The molecule has 0 radical (unpaired) electrons. The molecule has 0 saturated heterocycles. The van der Waals surface area contributed by atoms with Gasteiger partial charge >= 0.3 is 6.03 Å². The smallest absolute Gasteiger partial charge is 0.321 e. The van der Waals surface area contributed by atoms with E-state index in [1.54, 1.807) is 44.9 Å². The number of anilines is 2. The van der Waals surface area contributed by atoms with Gasteiger partial charge in [0.1, 0.15) is 36.1 Å². The number of hydrogen-bond donors (Lipinski definition) is 3. The summed E-state index contributed by atoms with van der Waals surface area (Å²) in [6.45, 7) is 7.26. The molecule has 3 heterocycles. The van der Waals surface area contributed by atoms with Crippen molar-refractivity contribution in [2.24, 2.45) is 5.92 Å². The number of tetrazole rings is 1. The number of ether oxygens (including phenoxy) is 1. The minimum Gasteiger partial charge on any atom is -0.487 e. The number of urea groups is 1. The van der Waals surface area contributed by atoms with Crippen LogP contribution in [0.15, 0.2) is 29.0 Å². The highest BCUT2D eigenvalue weighted by Crippen LogP contribution is 2.31. The Hall–Kier alpha value is -4.53. The van der Waals surface area contributed by atoms with Gasteiger partial charge in [-0.2, -0.15) is 0 Å². The van der Waals surface area contributed by atoms with Gasteiger partial charge in [-0.3, -0.25) is 9.59 Å². The summed E-state index contributed by atoms with van der Waals surface area (Å²) >= 11 is 0. The summed E-state index contributed by atoms with van der Waals surface area (Å²) in [5, 5.41) is 30.0. The van der Waals surface area contributed by atoms with Crippen molar-refractivity contribution < 1.29 is 28.8 Å². The summed E-state index contributed by atoms with van der Waals surface area (Å²) in [5.41, 5.74) is 1.68. The van der Waals surface area contributed by atoms with Crippen molar-refractivity contribution in [1.29, 1.82) is 0 Å². The zero-order valence-electron chi connectivity index (χ0n) is 23.0. The zero-order valence-corrected chi connectivity index (χ0v) is 23.0. The molecule has 1 aliphatic rings. The molecule has 1 aromatic carbocycles. The van der Waals surface area contributed by atoms with Gasteiger partial charge in [-0.1, -0.05) is 12.1 Å². The molecule has 0 unspecified atom stereocenters. The van der Waals surface area contributed by atoms with Gasteiger partial charge in [-0.15, -0.1) is 5.10 Å². The third-order valence-corrected chi connectivity index (χ3v) is 6.71. The van der Waals surface area contributed by atoms with Crippen LogP contribution in [0.2, 0.25) is 0 Å². The molecule has 4 rings (SSSR count). The largest absolute Gasteiger partial charge is 0.487 e. The molecule has 15 nitrogen and oxygen atoms in total. The number of rotatable bonds is 8. The summed E-state index contributed by atoms with van der Waals surface area (Å²) in [6, 6.07) is 3.93. The van der Waals surface area contributed by atoms with Crippen LogP contribution in [-0.4, -0.2) is 97.0 Å². The number of aromatic nitrogens is 5. The second-order valence-electron chi connectivity index (χ2n) is 9.90. The minimum atomic E-state index is -0.499. The van der Waals surface area contributed by atoms with Gasteiger partial charge in [0.2, 0.25) is 5.91 Å². The van der Waals surface area contributed by atoms with E-state index in [0.717, 1.165) is 0 Å². The quantitative estimate of drug-likeness (QED) is 0.366. The average Bonchev–Trinajstić information content (AvgIpc) is 3.55. The lowest BCUT2D eigenvalue weighted by molar-refractivity contribution is -0.116. The molecule has 3 aromatic rings. The lowest BCUT2D eigenvalue weighted by Gasteiger charge is -2.38. The topological polar surface area (TPSA) is 181 Å². The summed E-state index contributed by atoms with van der Waals surface area (Å²) in [4.78, 5) is 42.1. The molecule has 4 amide bonds. The molecule has 0 fully saturated rings. The highest BCUT2D eigenvalue weighted by molar-refractivity contribution is 6.00. The fraction of sp³-hybridized carbons (Fsp3) is 0.480. The van der Waals surface area contributed by atoms with Gasteiger partial charge in [-0.25, -0.2) is 9.48 Å². The van der Waals surface area contributed by atoms with Crippen LogP contribution in [0.3, 0.4) is 0 Å². The molecule has 0 spiro atoms. The van der Waals surface area contributed by atoms with Gasteiger partial charge < -0.3 is 34.8 Å². The summed E-state index contributed by atoms with van der Waals surface area (Å²) in [6.07, 6.45) is 0.819. The minimum absolute atomic E-state index is 0.107. The molecule has 40 heavy (non-hydrogen) atoms. The number of hydrogen-bond acceptors (Lipinski definition) is 10. The number of nitrogens with zero attached hydrogens (tertiary/aromatic N) is 7. The van der Waals surface area contributed by atoms with Gasteiger partial charge in [-0.05, 0) is 49.4 Å². The molecule has 2 aromatic heterocycles. The van der Waals surface area contributed by atoms with Crippen molar-refractivity contribution in [2.45, 2.75) is 46.4 Å². The van der Waals surface area contributed by atoms with E-state index in [0.29, 0.717) is 28.6 Å². The third-order valence-electron chi connectivity index (χ3n) is 6.71. The van der Waals surface area contributed by atoms with Crippen molar-refractivity contribution >= 4 is 29.2 Å². The van der Waals surface area contributed by atoms with Crippen LogP contribution < -0.4 is 15.4 Å². The monoisotopic (exact) mass is 555 g/mol. The molecule has 15 heteroatoms. The summed E-state index contributed by atoms with van der Waals surface area (Å²) in [5.74, 6) is -0.130. The van der Waals surface area contributed by atoms with Crippen LogP contribution in [-0.2, 0) is 11.3 Å². The maximum Gasteiger partial charge on any atom is 0.321 e. The van der Waals surface area contributed by atoms with Crippen molar-refractivity contribution in [2.75, 3.05) is 37.4 Å². The first-order valence-electron chi connectivity index (χ1n) is 12.8. The zero-order chi connectivity index (χ0) is 29.0. The Morgan fingerprint density at radius 3 is 2.70 bits per heavy atom. The highest BCUT2D eigenvalue weighted by atomic mass is 16.5. The van der Waals surface area contributed by atoms with Crippen LogP contribution in [0.4, 0.5) is 16.2 Å². The second-order valence-corrected chi connectivity index (χ2v) is 9.90. The Labute approximate surface area is 230 Å². The van der Waals surface area contributed by atoms with E-state index < -0.39 is 12.1 Å². The molecule has 214 valence electrons. The molecule has 0 bridgehead atoms. The van der Waals surface area contributed by atoms with Gasteiger partial charge in [0.05, 0.1) is 24.8 Å². The van der Waals surface area contributed by atoms with Gasteiger partial charge in [0.25, 0.3) is 5.91 Å². The Kier molecular flexibility index (Phi) is 8.62. The van der Waals surface area contributed by atoms with E-state index in [1.165, 1.54) is 22.0 Å². The summed E-state index contributed by atoms with van der Waals surface area (Å²) < 4.78 is 12.7. The average molecular weight is 556 g/mol. The van der Waals surface area contributed by atoms with Gasteiger partial charge in [0, 0.05) is 25.2 Å². The van der Waals surface area contributed by atoms with Crippen molar-refractivity contribution in [3.63, 3.8) is 0 Å². The van der Waals surface area contributed by atoms with Crippen molar-refractivity contribution in [3.8, 4) is 5.75 Å². The first-order valence-corrected chi connectivity index (χ1v) is 12.8. The number of fused-ring (bicyclic) bond motifs is 1. The van der Waals surface area contributed by atoms with Crippen LogP contribution in [0, 0.1) is 19.8 Å². The Bertz CT molecular complexity index is 1340. The Morgan fingerprint density at radius 2 is 2.05 bits per heavy atom. The Morgan fingerprint density at radius 1 is 1.27 bits per heavy atom. The lowest BCUT2D eigenvalue weighted by atomic mass is 9.99. The van der Waals surface area contributed by atoms with Crippen molar-refractivity contribution in [1.82, 2.24) is 35.2 Å². The number of carbonyl (C=O) groups is 3. The number of carbonyl (C=O) groups excluding carboxylic acids is 3. The predicted octanol–water partition coefficient (Wildman–Crippen LogP) is 1.30. The number of amides is 4. The molecule has 0 aliphatic carbocycles. The van der Waals surface area contributed by atoms with E-state index in [1.807, 2.05) is 6.92 Å². The number of nitrogens with one attached hydrogen (secondary N) is 2. The van der Waals surface area contributed by atoms with Crippen LogP contribution in [0.5, 0.6) is 5.75 Å². The maximum atomic E-state index is 13.6. The van der Waals surface area contributed by atoms with E-state index in [4.69, 9.17) is 9.26 Å². The summed E-state index contributed by atoms with van der Waals surface area (Å²) in [7, 11) is 1.64. The molecule has 3 atom stereocenters. The molecule has 3 N–H and O–H groups in total. The molecule has 1 aliphatic heterocycles. The molecule has 0 saturated carbocycles. The van der Waals surface area contributed by atoms with E-state index in [2.05, 4.69) is 31.3 Å². The maximum absolute atomic E-state index is 13.6. The SMILES string of the molecule is Cc1noc(C)c1NC(=O)N(C)C[C@H]1Oc2ccc(NC(=O)Cn3cnnn3)cc2C(=O)N([C@@H](C)CO)C[C@H]1C. The second kappa shape index (κ2) is 12.1. The first-order chi connectivity index (χ1) is 19.1. The number of aliphatic hydroxyl groups is 1. The number of benzene rings is 1.